The Balaban J connectivity index is 1.60. The molecule has 104 valence electrons. The van der Waals surface area contributed by atoms with Gasteiger partial charge in [0.2, 0.25) is 5.91 Å². The van der Waals surface area contributed by atoms with Crippen molar-refractivity contribution in [1.82, 2.24) is 0 Å². The fraction of sp³-hybridized carbons (Fsp3) is 0.235. The lowest BCUT2D eigenvalue weighted by molar-refractivity contribution is -0.117. The van der Waals surface area contributed by atoms with Gasteiger partial charge in [-0.3, -0.25) is 14.8 Å². The van der Waals surface area contributed by atoms with E-state index in [1.54, 1.807) is 0 Å². The molecule has 4 rings (SSSR count). The topological polar surface area (TPSA) is 45.0 Å². The van der Waals surface area contributed by atoms with Gasteiger partial charge in [0.25, 0.3) is 0 Å². The van der Waals surface area contributed by atoms with Crippen molar-refractivity contribution < 1.29 is 4.79 Å². The van der Waals surface area contributed by atoms with E-state index in [0.29, 0.717) is 13.0 Å². The van der Waals surface area contributed by atoms with Crippen molar-refractivity contribution in [2.45, 2.75) is 12.6 Å². The van der Waals surface area contributed by atoms with Crippen LogP contribution in [0.3, 0.4) is 0 Å². The summed E-state index contributed by atoms with van der Waals surface area (Å²) in [6.07, 6.45) is 0.389. The Morgan fingerprint density at radius 2 is 1.52 bits per heavy atom. The van der Waals surface area contributed by atoms with Crippen LogP contribution in [0.5, 0.6) is 0 Å². The Kier molecular flexibility index (Phi) is 2.81. The summed E-state index contributed by atoms with van der Waals surface area (Å²) in [5.74, 6) is 0.317. The molecule has 1 saturated heterocycles. The second-order valence-electron chi connectivity index (χ2n) is 5.46. The predicted molar refractivity (Wildman–Crippen MR) is 79.4 cm³/mol. The minimum Gasteiger partial charge on any atom is -0.312 e. The first-order chi connectivity index (χ1) is 10.3. The van der Waals surface area contributed by atoms with E-state index in [0.717, 1.165) is 16.4 Å². The first kappa shape index (κ1) is 12.3. The van der Waals surface area contributed by atoms with Crippen molar-refractivity contribution in [3.8, 4) is 0 Å². The lowest BCUT2D eigenvalue weighted by atomic mass is 10.1. The van der Waals surface area contributed by atoms with Crippen LogP contribution in [0.25, 0.3) is 0 Å². The first-order valence-corrected chi connectivity index (χ1v) is 7.17. The maximum atomic E-state index is 12.3. The van der Waals surface area contributed by atoms with Crippen LogP contribution < -0.4 is 15.6 Å². The number of benzene rings is 2. The highest BCUT2D eigenvalue weighted by Gasteiger charge is 2.36. The molecule has 0 saturated carbocycles. The summed E-state index contributed by atoms with van der Waals surface area (Å²) in [5, 5.41) is 1.88. The van der Waals surface area contributed by atoms with Gasteiger partial charge < -0.3 is 4.90 Å². The predicted octanol–water partition coefficient (Wildman–Crippen LogP) is 1.32. The van der Waals surface area contributed by atoms with Crippen molar-refractivity contribution in [1.29, 1.82) is 0 Å². The van der Waals surface area contributed by atoms with E-state index in [1.165, 1.54) is 0 Å². The molecule has 0 unspecified atom stereocenters. The van der Waals surface area contributed by atoms with E-state index in [9.17, 15) is 4.79 Å². The van der Waals surface area contributed by atoms with Crippen LogP contribution in [0, 0.1) is 5.92 Å². The number of anilines is 1. The molecular formula is C17H15N3O. The van der Waals surface area contributed by atoms with Gasteiger partial charge in [-0.15, -0.1) is 0 Å². The molecule has 4 nitrogen and oxygen atoms in total. The zero-order valence-corrected chi connectivity index (χ0v) is 11.5. The van der Waals surface area contributed by atoms with Crippen LogP contribution in [-0.4, -0.2) is 18.6 Å². The average molecular weight is 277 g/mol. The Hall–Kier alpha value is -2.49. The summed E-state index contributed by atoms with van der Waals surface area (Å²) in [6, 6.07) is 17.7. The molecule has 2 aromatic carbocycles. The molecule has 21 heavy (non-hydrogen) atoms. The van der Waals surface area contributed by atoms with Gasteiger partial charge in [-0.25, -0.2) is 0 Å². The highest BCUT2D eigenvalue weighted by atomic mass is 16.2. The Morgan fingerprint density at radius 1 is 0.905 bits per heavy atom. The summed E-state index contributed by atoms with van der Waals surface area (Å²) in [6.45, 7) is 0.689. The molecule has 1 atom stereocenters. The Bertz CT molecular complexity index is 765. The van der Waals surface area contributed by atoms with E-state index < -0.39 is 0 Å². The van der Waals surface area contributed by atoms with Gasteiger partial charge >= 0.3 is 0 Å². The Morgan fingerprint density at radius 3 is 2.19 bits per heavy atom. The fourth-order valence-corrected chi connectivity index (χ4v) is 3.00. The average Bonchev–Trinajstić information content (AvgIpc) is 3.11. The zero-order chi connectivity index (χ0) is 14.2. The zero-order valence-electron chi connectivity index (χ0n) is 11.5. The number of nitrogens with zero attached hydrogens (tertiary/aromatic N) is 3. The number of fused-ring (bicyclic) bond motifs is 1. The van der Waals surface area contributed by atoms with Gasteiger partial charge in [0.1, 0.15) is 6.17 Å². The minimum atomic E-state index is -0.125. The van der Waals surface area contributed by atoms with Crippen LogP contribution in [0.1, 0.15) is 6.42 Å². The maximum absolute atomic E-state index is 12.3. The molecule has 2 aliphatic heterocycles. The van der Waals surface area contributed by atoms with E-state index in [4.69, 9.17) is 0 Å². The van der Waals surface area contributed by atoms with E-state index in [-0.39, 0.29) is 18.0 Å². The molecule has 2 aliphatic rings. The molecule has 0 spiro atoms. The lowest BCUT2D eigenvalue weighted by Gasteiger charge is -2.17. The quantitative estimate of drug-likeness (QED) is 0.816. The highest BCUT2D eigenvalue weighted by Crippen LogP contribution is 2.28. The van der Waals surface area contributed by atoms with Gasteiger partial charge in [-0.05, 0) is 24.3 Å². The van der Waals surface area contributed by atoms with Gasteiger partial charge in [0, 0.05) is 24.6 Å². The summed E-state index contributed by atoms with van der Waals surface area (Å²) < 4.78 is 0. The molecule has 0 radical (unpaired) electrons. The van der Waals surface area contributed by atoms with Crippen LogP contribution in [0.15, 0.2) is 64.6 Å². The van der Waals surface area contributed by atoms with Gasteiger partial charge in [-0.1, -0.05) is 30.3 Å². The monoisotopic (exact) mass is 277 g/mol. The highest BCUT2D eigenvalue weighted by molar-refractivity contribution is 5.95. The van der Waals surface area contributed by atoms with Gasteiger partial charge in [-0.2, -0.15) is 0 Å². The van der Waals surface area contributed by atoms with E-state index in [1.807, 2.05) is 59.5 Å². The first-order valence-electron chi connectivity index (χ1n) is 7.17. The van der Waals surface area contributed by atoms with Crippen molar-refractivity contribution in [3.63, 3.8) is 0 Å². The maximum Gasteiger partial charge on any atom is 0.227 e. The lowest BCUT2D eigenvalue weighted by Crippen LogP contribution is -2.26. The molecule has 2 heterocycles. The summed E-state index contributed by atoms with van der Waals surface area (Å²) in [4.78, 5) is 23.4. The SMILES string of the molecule is O=C1C[C@@H](C2N=c3ccccc3=N2)CN1c1ccccc1. The standard InChI is InChI=1S/C17H15N3O/c21-16-10-12(11-20(16)13-6-2-1-3-7-13)17-18-14-8-4-5-9-15(14)19-17/h1-9,12,17H,10-11H2/t12-/m1/s1. The number of hydrogen-bond donors (Lipinski definition) is 0. The molecule has 4 heteroatoms. The number of carbonyl (C=O) groups excluding carboxylic acids is 1. The summed E-state index contributed by atoms with van der Waals surface area (Å²) in [7, 11) is 0. The number of hydrogen-bond acceptors (Lipinski definition) is 3. The van der Waals surface area contributed by atoms with E-state index >= 15 is 0 Å². The largest absolute Gasteiger partial charge is 0.312 e. The molecule has 0 bridgehead atoms. The Labute approximate surface area is 122 Å². The number of para-hydroxylation sites is 3. The van der Waals surface area contributed by atoms with Crippen LogP contribution >= 0.6 is 0 Å². The third kappa shape index (κ3) is 2.13. The van der Waals surface area contributed by atoms with Crippen molar-refractivity contribution in [2.75, 3.05) is 11.4 Å². The number of rotatable bonds is 2. The van der Waals surface area contributed by atoms with Crippen molar-refractivity contribution in [2.24, 2.45) is 15.9 Å². The van der Waals surface area contributed by atoms with Crippen LogP contribution in [0.2, 0.25) is 0 Å². The molecule has 2 aromatic rings. The molecule has 0 aromatic heterocycles. The molecular weight excluding hydrogens is 262 g/mol. The molecule has 0 aliphatic carbocycles. The minimum absolute atomic E-state index is 0.125. The van der Waals surface area contributed by atoms with Crippen LogP contribution in [-0.2, 0) is 4.79 Å². The molecule has 0 N–H and O–H groups in total. The normalized spacial score (nSPS) is 21.0. The summed E-state index contributed by atoms with van der Waals surface area (Å²) >= 11 is 0. The smallest absolute Gasteiger partial charge is 0.227 e. The third-order valence-electron chi connectivity index (χ3n) is 4.07. The van der Waals surface area contributed by atoms with Crippen molar-refractivity contribution in [3.05, 3.63) is 65.3 Å². The third-order valence-corrected chi connectivity index (χ3v) is 4.07. The second kappa shape index (κ2) is 4.81. The fourth-order valence-electron chi connectivity index (χ4n) is 3.00. The summed E-state index contributed by atoms with van der Waals surface area (Å²) in [5.41, 5.74) is 0.959. The molecule has 1 fully saturated rings. The second-order valence-corrected chi connectivity index (χ2v) is 5.46. The van der Waals surface area contributed by atoms with Crippen molar-refractivity contribution >= 4 is 11.6 Å². The number of amides is 1. The van der Waals surface area contributed by atoms with Gasteiger partial charge in [0.05, 0.1) is 10.7 Å². The van der Waals surface area contributed by atoms with Gasteiger partial charge in [0.15, 0.2) is 0 Å². The van der Waals surface area contributed by atoms with E-state index in [2.05, 4.69) is 9.98 Å². The molecule has 1 amide bonds. The van der Waals surface area contributed by atoms with Crippen LogP contribution in [0.4, 0.5) is 5.69 Å². The number of carbonyl (C=O) groups is 1.